The van der Waals surface area contributed by atoms with Gasteiger partial charge in [-0.2, -0.15) is 0 Å². The fourth-order valence-electron chi connectivity index (χ4n) is 3.56. The average molecular weight is 267 g/mol. The number of aliphatic carboxylic acids is 1. The SMILES string of the molecule is C[C@H]1CCCC[C@@H]1NC(=O)[C@@H]1CCCC[C@@H]1C(=O)O. The Morgan fingerprint density at radius 2 is 1.53 bits per heavy atom. The topological polar surface area (TPSA) is 66.4 Å². The van der Waals surface area contributed by atoms with Crippen molar-refractivity contribution < 1.29 is 14.7 Å². The summed E-state index contributed by atoms with van der Waals surface area (Å²) >= 11 is 0. The predicted octanol–water partition coefficient (Wildman–Crippen LogP) is 2.57. The summed E-state index contributed by atoms with van der Waals surface area (Å²) in [5.41, 5.74) is 0. The van der Waals surface area contributed by atoms with E-state index in [1.807, 2.05) is 0 Å². The first-order valence-electron chi connectivity index (χ1n) is 7.62. The first-order valence-corrected chi connectivity index (χ1v) is 7.62. The molecular weight excluding hydrogens is 242 g/mol. The summed E-state index contributed by atoms with van der Waals surface area (Å²) in [6.07, 6.45) is 7.90. The summed E-state index contributed by atoms with van der Waals surface area (Å²) in [5, 5.41) is 12.4. The van der Waals surface area contributed by atoms with Gasteiger partial charge in [-0.25, -0.2) is 0 Å². The number of nitrogens with one attached hydrogen (secondary N) is 1. The van der Waals surface area contributed by atoms with Crippen LogP contribution in [-0.4, -0.2) is 23.0 Å². The molecular formula is C15H25NO3. The largest absolute Gasteiger partial charge is 0.481 e. The van der Waals surface area contributed by atoms with Crippen molar-refractivity contribution in [2.75, 3.05) is 0 Å². The predicted molar refractivity (Wildman–Crippen MR) is 72.6 cm³/mol. The lowest BCUT2D eigenvalue weighted by Gasteiger charge is -2.33. The molecule has 0 spiro atoms. The Kier molecular flexibility index (Phi) is 4.83. The number of hydrogen-bond donors (Lipinski definition) is 2. The molecule has 2 aliphatic carbocycles. The van der Waals surface area contributed by atoms with Gasteiger partial charge < -0.3 is 10.4 Å². The van der Waals surface area contributed by atoms with Gasteiger partial charge in [0, 0.05) is 6.04 Å². The van der Waals surface area contributed by atoms with Crippen molar-refractivity contribution in [1.29, 1.82) is 0 Å². The van der Waals surface area contributed by atoms with Gasteiger partial charge in [-0.1, -0.05) is 32.6 Å². The van der Waals surface area contributed by atoms with Crippen LogP contribution in [0.25, 0.3) is 0 Å². The first-order chi connectivity index (χ1) is 9.09. The molecule has 0 aliphatic heterocycles. The third-order valence-corrected chi connectivity index (χ3v) is 4.86. The van der Waals surface area contributed by atoms with Gasteiger partial charge >= 0.3 is 5.97 Å². The van der Waals surface area contributed by atoms with E-state index in [2.05, 4.69) is 12.2 Å². The molecule has 108 valence electrons. The van der Waals surface area contributed by atoms with Gasteiger partial charge in [-0.05, 0) is 31.6 Å². The molecule has 0 aromatic heterocycles. The number of rotatable bonds is 3. The van der Waals surface area contributed by atoms with Crippen LogP contribution < -0.4 is 5.32 Å². The lowest BCUT2D eigenvalue weighted by Crippen LogP contribution is -2.47. The minimum atomic E-state index is -0.809. The molecule has 4 atom stereocenters. The van der Waals surface area contributed by atoms with Crippen molar-refractivity contribution in [3.8, 4) is 0 Å². The molecule has 2 saturated carbocycles. The van der Waals surface area contributed by atoms with Gasteiger partial charge in [0.2, 0.25) is 5.91 Å². The quantitative estimate of drug-likeness (QED) is 0.826. The zero-order chi connectivity index (χ0) is 13.8. The Morgan fingerprint density at radius 3 is 2.16 bits per heavy atom. The van der Waals surface area contributed by atoms with Crippen LogP contribution in [0.15, 0.2) is 0 Å². The minimum absolute atomic E-state index is 0.0224. The van der Waals surface area contributed by atoms with Crippen LogP contribution >= 0.6 is 0 Å². The number of hydrogen-bond acceptors (Lipinski definition) is 2. The summed E-state index contributed by atoms with van der Waals surface area (Å²) < 4.78 is 0. The van der Waals surface area contributed by atoms with Gasteiger partial charge in [0.1, 0.15) is 0 Å². The fourth-order valence-corrected chi connectivity index (χ4v) is 3.56. The van der Waals surface area contributed by atoms with E-state index in [9.17, 15) is 14.7 Å². The molecule has 0 heterocycles. The number of amides is 1. The smallest absolute Gasteiger partial charge is 0.307 e. The van der Waals surface area contributed by atoms with Crippen LogP contribution in [0.2, 0.25) is 0 Å². The summed E-state index contributed by atoms with van der Waals surface area (Å²) in [6.45, 7) is 2.18. The third kappa shape index (κ3) is 3.48. The van der Waals surface area contributed by atoms with Crippen molar-refractivity contribution in [3.63, 3.8) is 0 Å². The van der Waals surface area contributed by atoms with Crippen molar-refractivity contribution in [2.24, 2.45) is 17.8 Å². The second-order valence-corrected chi connectivity index (χ2v) is 6.21. The highest BCUT2D eigenvalue weighted by Crippen LogP contribution is 2.31. The second-order valence-electron chi connectivity index (χ2n) is 6.21. The Balaban J connectivity index is 1.95. The van der Waals surface area contributed by atoms with Gasteiger partial charge in [0.15, 0.2) is 0 Å². The van der Waals surface area contributed by atoms with Crippen molar-refractivity contribution >= 4 is 11.9 Å². The highest BCUT2D eigenvalue weighted by Gasteiger charge is 2.37. The van der Waals surface area contributed by atoms with E-state index < -0.39 is 11.9 Å². The first kappa shape index (κ1) is 14.4. The Hall–Kier alpha value is -1.06. The van der Waals surface area contributed by atoms with Gasteiger partial charge in [0.25, 0.3) is 0 Å². The summed E-state index contributed by atoms with van der Waals surface area (Å²) in [4.78, 5) is 23.6. The van der Waals surface area contributed by atoms with Gasteiger partial charge in [-0.15, -0.1) is 0 Å². The monoisotopic (exact) mass is 267 g/mol. The van der Waals surface area contributed by atoms with Crippen LogP contribution in [0.3, 0.4) is 0 Å². The summed E-state index contributed by atoms with van der Waals surface area (Å²) in [7, 11) is 0. The molecule has 0 aromatic carbocycles. The van der Waals surface area contributed by atoms with E-state index in [1.165, 1.54) is 12.8 Å². The van der Waals surface area contributed by atoms with E-state index in [1.54, 1.807) is 0 Å². The maximum Gasteiger partial charge on any atom is 0.307 e. The molecule has 2 fully saturated rings. The lowest BCUT2D eigenvalue weighted by atomic mass is 9.78. The molecule has 2 aliphatic rings. The minimum Gasteiger partial charge on any atom is -0.481 e. The Labute approximate surface area is 115 Å². The molecule has 19 heavy (non-hydrogen) atoms. The van der Waals surface area contributed by atoms with Gasteiger partial charge in [0.05, 0.1) is 11.8 Å². The van der Waals surface area contributed by atoms with Crippen LogP contribution in [-0.2, 0) is 9.59 Å². The van der Waals surface area contributed by atoms with Crippen LogP contribution in [0.5, 0.6) is 0 Å². The second kappa shape index (κ2) is 6.40. The highest BCUT2D eigenvalue weighted by molar-refractivity contribution is 5.85. The normalized spacial score (nSPS) is 35.6. The fraction of sp³-hybridized carbons (Fsp3) is 0.867. The maximum absolute atomic E-state index is 12.4. The summed E-state index contributed by atoms with van der Waals surface area (Å²) in [5.74, 6) is -1.11. The molecule has 4 nitrogen and oxygen atoms in total. The van der Waals surface area contributed by atoms with Crippen molar-refractivity contribution in [1.82, 2.24) is 5.32 Å². The molecule has 1 amide bonds. The molecule has 0 radical (unpaired) electrons. The lowest BCUT2D eigenvalue weighted by molar-refractivity contribution is -0.149. The molecule has 0 unspecified atom stereocenters. The molecule has 2 N–H and O–H groups in total. The van der Waals surface area contributed by atoms with Crippen LogP contribution in [0.4, 0.5) is 0 Å². The zero-order valence-electron chi connectivity index (χ0n) is 11.7. The van der Waals surface area contributed by atoms with Crippen molar-refractivity contribution in [2.45, 2.75) is 64.3 Å². The number of carbonyl (C=O) groups is 2. The van der Waals surface area contributed by atoms with Crippen LogP contribution in [0, 0.1) is 17.8 Å². The van der Waals surface area contributed by atoms with E-state index >= 15 is 0 Å². The zero-order valence-corrected chi connectivity index (χ0v) is 11.7. The van der Waals surface area contributed by atoms with E-state index in [0.29, 0.717) is 12.3 Å². The highest BCUT2D eigenvalue weighted by atomic mass is 16.4. The molecule has 2 rings (SSSR count). The molecule has 0 bridgehead atoms. The maximum atomic E-state index is 12.4. The molecule has 4 heteroatoms. The molecule has 0 aromatic rings. The van der Waals surface area contributed by atoms with Gasteiger partial charge in [-0.3, -0.25) is 9.59 Å². The number of carbonyl (C=O) groups excluding carboxylic acids is 1. The summed E-state index contributed by atoms with van der Waals surface area (Å²) in [6, 6.07) is 0.248. The van der Waals surface area contributed by atoms with E-state index in [4.69, 9.17) is 0 Å². The van der Waals surface area contributed by atoms with E-state index in [0.717, 1.165) is 32.1 Å². The van der Waals surface area contributed by atoms with E-state index in [-0.39, 0.29) is 17.9 Å². The Morgan fingerprint density at radius 1 is 0.947 bits per heavy atom. The van der Waals surface area contributed by atoms with Crippen LogP contribution in [0.1, 0.15) is 58.3 Å². The van der Waals surface area contributed by atoms with Crippen molar-refractivity contribution in [3.05, 3.63) is 0 Å². The number of carboxylic acids is 1. The standard InChI is InChI=1S/C15H25NO3/c1-10-6-2-5-9-13(10)16-14(17)11-7-3-4-8-12(11)15(18)19/h10-13H,2-9H2,1H3,(H,16,17)(H,18,19)/t10-,11+,12-,13-/m0/s1. The number of carboxylic acid groups (broad SMARTS) is 1. The third-order valence-electron chi connectivity index (χ3n) is 4.86. The molecule has 0 saturated heterocycles. The Bertz CT molecular complexity index is 342. The average Bonchev–Trinajstić information content (AvgIpc) is 2.41.